The standard InChI is InChI=1S/C14H23NOS/c1-2-12-6-7-13(17-12)10-15-11-14(16)8-4-3-5-9-14/h6-7,15-16H,2-5,8-11H2,1H3. The Morgan fingerprint density at radius 1 is 1.24 bits per heavy atom. The van der Waals surface area contributed by atoms with Gasteiger partial charge >= 0.3 is 0 Å². The van der Waals surface area contributed by atoms with E-state index in [2.05, 4.69) is 24.4 Å². The van der Waals surface area contributed by atoms with Gasteiger partial charge in [0, 0.05) is 22.8 Å². The van der Waals surface area contributed by atoms with Crippen LogP contribution in [-0.2, 0) is 13.0 Å². The molecular formula is C14H23NOS. The van der Waals surface area contributed by atoms with Gasteiger partial charge in [0.25, 0.3) is 0 Å². The number of nitrogens with one attached hydrogen (secondary N) is 1. The number of aliphatic hydroxyl groups is 1. The van der Waals surface area contributed by atoms with Gasteiger partial charge in [-0.15, -0.1) is 11.3 Å². The summed E-state index contributed by atoms with van der Waals surface area (Å²) in [7, 11) is 0. The van der Waals surface area contributed by atoms with Crippen molar-refractivity contribution in [1.82, 2.24) is 5.32 Å². The van der Waals surface area contributed by atoms with E-state index in [0.717, 1.165) is 32.4 Å². The summed E-state index contributed by atoms with van der Waals surface area (Å²) in [5.74, 6) is 0. The predicted octanol–water partition coefficient (Wildman–Crippen LogP) is 3.10. The largest absolute Gasteiger partial charge is 0.389 e. The van der Waals surface area contributed by atoms with E-state index < -0.39 is 5.60 Å². The van der Waals surface area contributed by atoms with Crippen molar-refractivity contribution in [1.29, 1.82) is 0 Å². The van der Waals surface area contributed by atoms with E-state index in [4.69, 9.17) is 0 Å². The maximum absolute atomic E-state index is 10.3. The number of aryl methyl sites for hydroxylation is 1. The minimum absolute atomic E-state index is 0.441. The second-order valence-corrected chi connectivity index (χ2v) is 6.36. The molecule has 0 spiro atoms. The fourth-order valence-corrected chi connectivity index (χ4v) is 3.44. The van der Waals surface area contributed by atoms with Gasteiger partial charge < -0.3 is 10.4 Å². The molecule has 96 valence electrons. The van der Waals surface area contributed by atoms with E-state index in [1.807, 2.05) is 11.3 Å². The molecule has 0 saturated heterocycles. The van der Waals surface area contributed by atoms with Crippen LogP contribution in [0.5, 0.6) is 0 Å². The first-order valence-electron chi connectivity index (χ1n) is 6.72. The van der Waals surface area contributed by atoms with Gasteiger partial charge in [-0.1, -0.05) is 26.2 Å². The van der Waals surface area contributed by atoms with Gasteiger partial charge in [0.2, 0.25) is 0 Å². The molecule has 1 aromatic rings. The molecule has 17 heavy (non-hydrogen) atoms. The molecule has 0 aliphatic heterocycles. The Hall–Kier alpha value is -0.380. The average Bonchev–Trinajstić information content (AvgIpc) is 2.78. The van der Waals surface area contributed by atoms with Crippen molar-refractivity contribution in [2.45, 2.75) is 57.6 Å². The molecule has 2 rings (SSSR count). The SMILES string of the molecule is CCc1ccc(CNCC2(O)CCCCC2)s1. The summed E-state index contributed by atoms with van der Waals surface area (Å²) < 4.78 is 0. The van der Waals surface area contributed by atoms with E-state index >= 15 is 0 Å². The molecule has 1 aromatic heterocycles. The molecule has 1 aliphatic rings. The lowest BCUT2D eigenvalue weighted by Gasteiger charge is -2.32. The van der Waals surface area contributed by atoms with Crippen LogP contribution in [0.1, 0.15) is 48.8 Å². The normalized spacial score (nSPS) is 19.4. The second-order valence-electron chi connectivity index (χ2n) is 5.11. The molecule has 0 amide bonds. The Kier molecular flexibility index (Phi) is 4.60. The maximum atomic E-state index is 10.3. The van der Waals surface area contributed by atoms with Crippen molar-refractivity contribution in [3.05, 3.63) is 21.9 Å². The Labute approximate surface area is 108 Å². The molecule has 2 nitrogen and oxygen atoms in total. The summed E-state index contributed by atoms with van der Waals surface area (Å²) in [4.78, 5) is 2.82. The monoisotopic (exact) mass is 253 g/mol. The van der Waals surface area contributed by atoms with Crippen LogP contribution in [0.15, 0.2) is 12.1 Å². The molecule has 1 saturated carbocycles. The van der Waals surface area contributed by atoms with Crippen molar-refractivity contribution in [2.75, 3.05) is 6.54 Å². The van der Waals surface area contributed by atoms with Crippen LogP contribution < -0.4 is 5.32 Å². The molecule has 0 radical (unpaired) electrons. The van der Waals surface area contributed by atoms with Crippen LogP contribution in [0.3, 0.4) is 0 Å². The highest BCUT2D eigenvalue weighted by molar-refractivity contribution is 7.11. The zero-order valence-electron chi connectivity index (χ0n) is 10.7. The van der Waals surface area contributed by atoms with Crippen molar-refractivity contribution >= 4 is 11.3 Å². The van der Waals surface area contributed by atoms with E-state index in [0.29, 0.717) is 0 Å². The van der Waals surface area contributed by atoms with E-state index in [1.54, 1.807) is 0 Å². The Morgan fingerprint density at radius 3 is 2.59 bits per heavy atom. The smallest absolute Gasteiger partial charge is 0.0771 e. The Morgan fingerprint density at radius 2 is 1.94 bits per heavy atom. The Balaban J connectivity index is 1.74. The summed E-state index contributed by atoms with van der Waals surface area (Å²) in [5, 5.41) is 13.8. The molecule has 0 unspecified atom stereocenters. The minimum Gasteiger partial charge on any atom is -0.389 e. The van der Waals surface area contributed by atoms with Gasteiger partial charge in [0.05, 0.1) is 5.60 Å². The molecule has 1 fully saturated rings. The van der Waals surface area contributed by atoms with E-state index in [1.165, 1.54) is 29.0 Å². The van der Waals surface area contributed by atoms with Gasteiger partial charge in [-0.2, -0.15) is 0 Å². The average molecular weight is 253 g/mol. The highest BCUT2D eigenvalue weighted by atomic mass is 32.1. The molecule has 0 bridgehead atoms. The summed E-state index contributed by atoms with van der Waals surface area (Å²) in [6.45, 7) is 3.83. The highest BCUT2D eigenvalue weighted by Gasteiger charge is 2.28. The first kappa shape index (κ1) is 13.1. The first-order valence-corrected chi connectivity index (χ1v) is 7.54. The van der Waals surface area contributed by atoms with Crippen LogP contribution in [0.2, 0.25) is 0 Å². The lowest BCUT2D eigenvalue weighted by Crippen LogP contribution is -2.41. The van der Waals surface area contributed by atoms with Crippen LogP contribution >= 0.6 is 11.3 Å². The Bertz CT molecular complexity index is 342. The highest BCUT2D eigenvalue weighted by Crippen LogP contribution is 2.27. The fourth-order valence-electron chi connectivity index (χ4n) is 2.51. The van der Waals surface area contributed by atoms with Crippen molar-refractivity contribution < 1.29 is 5.11 Å². The van der Waals surface area contributed by atoms with Crippen LogP contribution in [0.4, 0.5) is 0 Å². The summed E-state index contributed by atoms with van der Waals surface area (Å²) >= 11 is 1.87. The van der Waals surface area contributed by atoms with E-state index in [-0.39, 0.29) is 0 Å². The van der Waals surface area contributed by atoms with E-state index in [9.17, 15) is 5.11 Å². The zero-order chi connectivity index (χ0) is 12.1. The lowest BCUT2D eigenvalue weighted by molar-refractivity contribution is 0.00472. The zero-order valence-corrected chi connectivity index (χ0v) is 11.5. The number of thiophene rings is 1. The van der Waals surface area contributed by atoms with Gasteiger partial charge in [0.1, 0.15) is 0 Å². The first-order chi connectivity index (χ1) is 8.22. The van der Waals surface area contributed by atoms with Crippen molar-refractivity contribution in [3.63, 3.8) is 0 Å². The number of rotatable bonds is 5. The van der Waals surface area contributed by atoms with Crippen LogP contribution in [-0.4, -0.2) is 17.3 Å². The summed E-state index contributed by atoms with van der Waals surface area (Å²) in [6, 6.07) is 4.40. The van der Waals surface area contributed by atoms with Gasteiger partial charge in [-0.25, -0.2) is 0 Å². The fraction of sp³-hybridized carbons (Fsp3) is 0.714. The van der Waals surface area contributed by atoms with Gasteiger partial charge in [0.15, 0.2) is 0 Å². The van der Waals surface area contributed by atoms with Crippen LogP contribution in [0.25, 0.3) is 0 Å². The molecule has 2 N–H and O–H groups in total. The summed E-state index contributed by atoms with van der Waals surface area (Å²) in [6.07, 6.45) is 6.69. The molecule has 3 heteroatoms. The van der Waals surface area contributed by atoms with Gasteiger partial charge in [-0.3, -0.25) is 0 Å². The van der Waals surface area contributed by atoms with Gasteiger partial charge in [-0.05, 0) is 31.4 Å². The molecule has 1 heterocycles. The third kappa shape index (κ3) is 3.80. The molecule has 0 atom stereocenters. The third-order valence-electron chi connectivity index (χ3n) is 3.60. The van der Waals surface area contributed by atoms with Crippen LogP contribution in [0, 0.1) is 0 Å². The quantitative estimate of drug-likeness (QED) is 0.845. The minimum atomic E-state index is -0.441. The second kappa shape index (κ2) is 5.98. The summed E-state index contributed by atoms with van der Waals surface area (Å²) in [5.41, 5.74) is -0.441. The predicted molar refractivity (Wildman–Crippen MR) is 73.4 cm³/mol. The van der Waals surface area contributed by atoms with Crippen molar-refractivity contribution in [3.8, 4) is 0 Å². The topological polar surface area (TPSA) is 32.3 Å². The third-order valence-corrected chi connectivity index (χ3v) is 4.83. The molecule has 1 aliphatic carbocycles. The van der Waals surface area contributed by atoms with Crippen molar-refractivity contribution in [2.24, 2.45) is 0 Å². The lowest BCUT2D eigenvalue weighted by atomic mass is 9.85. The molecule has 0 aromatic carbocycles. The number of hydrogen-bond acceptors (Lipinski definition) is 3. The number of hydrogen-bond donors (Lipinski definition) is 2. The maximum Gasteiger partial charge on any atom is 0.0771 e. The molecular weight excluding hydrogens is 230 g/mol.